The molecule has 1 aromatic rings. The topological polar surface area (TPSA) is 49.6 Å². The molecule has 1 aliphatic rings. The first-order chi connectivity index (χ1) is 10.3. The standard InChI is InChI=1S/C18H29N3O/c1-14-12-16(20(4)17(22)18(2,3)19)10-11-21(14)13-15-8-6-5-7-9-15/h5-9,14,16H,10-13,19H2,1-4H3. The Morgan fingerprint density at radius 2 is 2.00 bits per heavy atom. The maximum absolute atomic E-state index is 12.3. The van der Waals surface area contributed by atoms with E-state index in [1.165, 1.54) is 5.56 Å². The van der Waals surface area contributed by atoms with Gasteiger partial charge in [0, 0.05) is 32.2 Å². The summed E-state index contributed by atoms with van der Waals surface area (Å²) in [5.41, 5.74) is 6.50. The van der Waals surface area contributed by atoms with Crippen molar-refractivity contribution in [1.82, 2.24) is 9.80 Å². The minimum atomic E-state index is -0.792. The fourth-order valence-electron chi connectivity index (χ4n) is 3.22. The summed E-state index contributed by atoms with van der Waals surface area (Å²) in [6.07, 6.45) is 2.01. The van der Waals surface area contributed by atoms with Gasteiger partial charge in [0.25, 0.3) is 0 Å². The van der Waals surface area contributed by atoms with Crippen molar-refractivity contribution in [3.8, 4) is 0 Å². The van der Waals surface area contributed by atoms with E-state index in [0.717, 1.165) is 25.9 Å². The van der Waals surface area contributed by atoms with E-state index in [9.17, 15) is 4.79 Å². The first kappa shape index (κ1) is 17.0. The number of nitrogens with two attached hydrogens (primary N) is 1. The second-order valence-electron chi connectivity index (χ2n) is 7.12. The Labute approximate surface area is 134 Å². The van der Waals surface area contributed by atoms with Crippen LogP contribution in [0.2, 0.25) is 0 Å². The van der Waals surface area contributed by atoms with Crippen molar-refractivity contribution < 1.29 is 4.79 Å². The van der Waals surface area contributed by atoms with Gasteiger partial charge in [-0.2, -0.15) is 0 Å². The molecule has 2 atom stereocenters. The highest BCUT2D eigenvalue weighted by Gasteiger charge is 2.34. The molecule has 2 rings (SSSR count). The predicted octanol–water partition coefficient (Wildman–Crippen LogP) is 2.24. The highest BCUT2D eigenvalue weighted by molar-refractivity contribution is 5.85. The van der Waals surface area contributed by atoms with Crippen LogP contribution in [0.3, 0.4) is 0 Å². The molecular formula is C18H29N3O. The number of hydrogen-bond donors (Lipinski definition) is 1. The number of piperidine rings is 1. The zero-order chi connectivity index (χ0) is 16.3. The lowest BCUT2D eigenvalue weighted by molar-refractivity contribution is -0.137. The molecule has 0 saturated carbocycles. The molecule has 1 saturated heterocycles. The molecule has 0 bridgehead atoms. The molecule has 1 fully saturated rings. The van der Waals surface area contributed by atoms with Gasteiger partial charge in [-0.1, -0.05) is 30.3 Å². The molecule has 0 aliphatic carbocycles. The third-order valence-corrected chi connectivity index (χ3v) is 4.63. The second-order valence-corrected chi connectivity index (χ2v) is 7.12. The second kappa shape index (κ2) is 6.80. The first-order valence-electron chi connectivity index (χ1n) is 8.13. The van der Waals surface area contributed by atoms with Gasteiger partial charge in [0.2, 0.25) is 5.91 Å². The molecule has 0 spiro atoms. The number of hydrogen-bond acceptors (Lipinski definition) is 3. The van der Waals surface area contributed by atoms with Gasteiger partial charge in [0.15, 0.2) is 0 Å². The molecule has 0 aromatic heterocycles. The van der Waals surface area contributed by atoms with Crippen LogP contribution < -0.4 is 5.73 Å². The van der Waals surface area contributed by atoms with Gasteiger partial charge in [-0.3, -0.25) is 9.69 Å². The smallest absolute Gasteiger partial charge is 0.242 e. The van der Waals surface area contributed by atoms with Crippen molar-refractivity contribution in [1.29, 1.82) is 0 Å². The van der Waals surface area contributed by atoms with Gasteiger partial charge in [-0.15, -0.1) is 0 Å². The van der Waals surface area contributed by atoms with Gasteiger partial charge < -0.3 is 10.6 Å². The van der Waals surface area contributed by atoms with E-state index >= 15 is 0 Å². The van der Waals surface area contributed by atoms with Crippen molar-refractivity contribution in [2.24, 2.45) is 5.73 Å². The van der Waals surface area contributed by atoms with Crippen LogP contribution in [-0.2, 0) is 11.3 Å². The lowest BCUT2D eigenvalue weighted by Gasteiger charge is -2.42. The molecule has 2 N–H and O–H groups in total. The third-order valence-electron chi connectivity index (χ3n) is 4.63. The first-order valence-corrected chi connectivity index (χ1v) is 8.13. The molecule has 0 radical (unpaired) electrons. The van der Waals surface area contributed by atoms with Crippen LogP contribution in [0.1, 0.15) is 39.2 Å². The van der Waals surface area contributed by atoms with Crippen LogP contribution in [0.25, 0.3) is 0 Å². The fraction of sp³-hybridized carbons (Fsp3) is 0.611. The maximum atomic E-state index is 12.3. The van der Waals surface area contributed by atoms with Crippen LogP contribution in [0.5, 0.6) is 0 Å². The van der Waals surface area contributed by atoms with Gasteiger partial charge in [-0.05, 0) is 39.2 Å². The summed E-state index contributed by atoms with van der Waals surface area (Å²) in [7, 11) is 1.89. The number of likely N-dealkylation sites (N-methyl/N-ethyl adjacent to an activating group) is 1. The molecule has 122 valence electrons. The number of benzene rings is 1. The molecule has 4 heteroatoms. The average molecular weight is 303 g/mol. The van der Waals surface area contributed by atoms with E-state index in [1.807, 2.05) is 18.0 Å². The Hall–Kier alpha value is -1.39. The van der Waals surface area contributed by atoms with Crippen LogP contribution in [-0.4, -0.2) is 46.9 Å². The summed E-state index contributed by atoms with van der Waals surface area (Å²) in [4.78, 5) is 16.7. The zero-order valence-corrected chi connectivity index (χ0v) is 14.2. The minimum absolute atomic E-state index is 0.0289. The molecule has 1 heterocycles. The van der Waals surface area contributed by atoms with E-state index < -0.39 is 5.54 Å². The number of amides is 1. The van der Waals surface area contributed by atoms with Gasteiger partial charge in [0.05, 0.1) is 5.54 Å². The van der Waals surface area contributed by atoms with Gasteiger partial charge >= 0.3 is 0 Å². The SMILES string of the molecule is CC1CC(N(C)C(=O)C(C)(C)N)CCN1Cc1ccccc1. The van der Waals surface area contributed by atoms with Crippen LogP contribution in [0.4, 0.5) is 0 Å². The lowest BCUT2D eigenvalue weighted by Crippen LogP contribution is -2.56. The summed E-state index contributed by atoms with van der Waals surface area (Å²) < 4.78 is 0. The monoisotopic (exact) mass is 303 g/mol. The molecule has 1 aliphatic heterocycles. The quantitative estimate of drug-likeness (QED) is 0.928. The van der Waals surface area contributed by atoms with Crippen molar-refractivity contribution in [3.05, 3.63) is 35.9 Å². The molecule has 22 heavy (non-hydrogen) atoms. The van der Waals surface area contributed by atoms with Crippen molar-refractivity contribution in [2.75, 3.05) is 13.6 Å². The largest absolute Gasteiger partial charge is 0.341 e. The number of carbonyl (C=O) groups is 1. The van der Waals surface area contributed by atoms with E-state index in [4.69, 9.17) is 5.73 Å². The maximum Gasteiger partial charge on any atom is 0.242 e. The summed E-state index contributed by atoms with van der Waals surface area (Å²) >= 11 is 0. The van der Waals surface area contributed by atoms with Crippen LogP contribution in [0.15, 0.2) is 30.3 Å². The fourth-order valence-corrected chi connectivity index (χ4v) is 3.22. The Morgan fingerprint density at radius 3 is 2.55 bits per heavy atom. The predicted molar refractivity (Wildman–Crippen MR) is 90.4 cm³/mol. The normalized spacial score (nSPS) is 23.3. The molecule has 2 unspecified atom stereocenters. The number of nitrogens with zero attached hydrogens (tertiary/aromatic N) is 2. The van der Waals surface area contributed by atoms with E-state index in [0.29, 0.717) is 6.04 Å². The Morgan fingerprint density at radius 1 is 1.36 bits per heavy atom. The van der Waals surface area contributed by atoms with Crippen molar-refractivity contribution in [2.45, 2.75) is 57.8 Å². The Bertz CT molecular complexity index is 495. The molecule has 1 aromatic carbocycles. The highest BCUT2D eigenvalue weighted by Crippen LogP contribution is 2.24. The van der Waals surface area contributed by atoms with E-state index in [-0.39, 0.29) is 11.9 Å². The lowest BCUT2D eigenvalue weighted by atomic mass is 9.94. The average Bonchev–Trinajstić information content (AvgIpc) is 2.48. The van der Waals surface area contributed by atoms with Crippen molar-refractivity contribution in [3.63, 3.8) is 0 Å². The van der Waals surface area contributed by atoms with Gasteiger partial charge in [0.1, 0.15) is 0 Å². The summed E-state index contributed by atoms with van der Waals surface area (Å²) in [5, 5.41) is 0. The number of likely N-dealkylation sites (tertiary alicyclic amines) is 1. The number of rotatable bonds is 4. The Kier molecular flexibility index (Phi) is 5.24. The van der Waals surface area contributed by atoms with Crippen molar-refractivity contribution >= 4 is 5.91 Å². The third kappa shape index (κ3) is 4.08. The minimum Gasteiger partial charge on any atom is -0.341 e. The van der Waals surface area contributed by atoms with Crippen LogP contribution >= 0.6 is 0 Å². The summed E-state index contributed by atoms with van der Waals surface area (Å²) in [6.45, 7) is 7.80. The molecule has 1 amide bonds. The zero-order valence-electron chi connectivity index (χ0n) is 14.2. The van der Waals surface area contributed by atoms with Gasteiger partial charge in [-0.25, -0.2) is 0 Å². The van der Waals surface area contributed by atoms with E-state index in [2.05, 4.69) is 36.1 Å². The van der Waals surface area contributed by atoms with E-state index in [1.54, 1.807) is 13.8 Å². The summed E-state index contributed by atoms with van der Waals surface area (Å²) in [5.74, 6) is 0.0289. The summed E-state index contributed by atoms with van der Waals surface area (Å²) in [6, 6.07) is 11.3. The molecule has 4 nitrogen and oxygen atoms in total. The number of carbonyl (C=O) groups excluding carboxylic acids is 1. The molecular weight excluding hydrogens is 274 g/mol. The van der Waals surface area contributed by atoms with Crippen LogP contribution in [0, 0.1) is 0 Å². The Balaban J connectivity index is 1.94. The highest BCUT2D eigenvalue weighted by atomic mass is 16.2.